The van der Waals surface area contributed by atoms with Crippen LogP contribution in [0.1, 0.15) is 32.4 Å². The lowest BCUT2D eigenvalue weighted by atomic mass is 10.0. The summed E-state index contributed by atoms with van der Waals surface area (Å²) in [5.41, 5.74) is 6.48. The third-order valence-corrected chi connectivity index (χ3v) is 4.16. The quantitative estimate of drug-likeness (QED) is 0.930. The molecule has 1 saturated heterocycles. The molecule has 0 radical (unpaired) electrons. The van der Waals surface area contributed by atoms with E-state index in [0.717, 1.165) is 32.2 Å². The molecule has 0 bridgehead atoms. The van der Waals surface area contributed by atoms with Crippen molar-refractivity contribution in [3.8, 4) is 0 Å². The van der Waals surface area contributed by atoms with Crippen LogP contribution in [0.25, 0.3) is 0 Å². The molecule has 1 unspecified atom stereocenters. The molecule has 0 aliphatic carbocycles. The lowest BCUT2D eigenvalue weighted by Gasteiger charge is -2.42. The van der Waals surface area contributed by atoms with Crippen molar-refractivity contribution in [1.82, 2.24) is 9.80 Å². The van der Waals surface area contributed by atoms with Gasteiger partial charge in [0, 0.05) is 49.9 Å². The first-order valence-electron chi connectivity index (χ1n) is 7.46. The van der Waals surface area contributed by atoms with Crippen molar-refractivity contribution in [2.24, 2.45) is 5.73 Å². The molecule has 1 atom stereocenters. The van der Waals surface area contributed by atoms with E-state index < -0.39 is 17.7 Å². The molecule has 0 amide bonds. The van der Waals surface area contributed by atoms with Crippen molar-refractivity contribution in [2.45, 2.75) is 32.4 Å². The zero-order valence-electron chi connectivity index (χ0n) is 13.1. The van der Waals surface area contributed by atoms with E-state index >= 15 is 0 Å². The molecular formula is C16H25F2N3. The summed E-state index contributed by atoms with van der Waals surface area (Å²) in [6.07, 6.45) is 0. The van der Waals surface area contributed by atoms with Crippen LogP contribution in [0, 0.1) is 11.6 Å². The standard InChI is InChI=1S/C16H25F2N3/c1-16(2,3)21-9-7-20(8-10-21)11-14(19)12-5-4-6-13(17)15(12)18/h4-6,14H,7-11,19H2,1-3H3. The zero-order chi connectivity index (χ0) is 15.6. The Bertz CT molecular complexity index is 477. The highest BCUT2D eigenvalue weighted by atomic mass is 19.2. The van der Waals surface area contributed by atoms with Crippen LogP contribution in [-0.2, 0) is 0 Å². The van der Waals surface area contributed by atoms with Crippen molar-refractivity contribution < 1.29 is 8.78 Å². The molecule has 3 nitrogen and oxygen atoms in total. The molecule has 2 N–H and O–H groups in total. The second-order valence-corrected chi connectivity index (χ2v) is 6.71. The topological polar surface area (TPSA) is 32.5 Å². The summed E-state index contributed by atoms with van der Waals surface area (Å²) in [7, 11) is 0. The lowest BCUT2D eigenvalue weighted by Crippen LogP contribution is -2.54. The van der Waals surface area contributed by atoms with Crippen molar-refractivity contribution >= 4 is 0 Å². The van der Waals surface area contributed by atoms with Gasteiger partial charge in [-0.1, -0.05) is 12.1 Å². The number of halogens is 2. The highest BCUT2D eigenvalue weighted by Crippen LogP contribution is 2.20. The van der Waals surface area contributed by atoms with Crippen molar-refractivity contribution in [3.05, 3.63) is 35.4 Å². The molecule has 1 heterocycles. The maximum Gasteiger partial charge on any atom is 0.163 e. The Labute approximate surface area is 125 Å². The number of piperazine rings is 1. The Hall–Kier alpha value is -1.04. The van der Waals surface area contributed by atoms with Gasteiger partial charge in [0.1, 0.15) is 0 Å². The molecule has 0 aromatic heterocycles. The van der Waals surface area contributed by atoms with Gasteiger partial charge in [-0.25, -0.2) is 8.78 Å². The lowest BCUT2D eigenvalue weighted by molar-refractivity contribution is 0.0596. The number of nitrogens with zero attached hydrogens (tertiary/aromatic N) is 2. The van der Waals surface area contributed by atoms with Crippen LogP contribution in [0.15, 0.2) is 18.2 Å². The van der Waals surface area contributed by atoms with Gasteiger partial charge < -0.3 is 5.73 Å². The fourth-order valence-corrected chi connectivity index (χ4v) is 2.78. The van der Waals surface area contributed by atoms with Crippen molar-refractivity contribution in [3.63, 3.8) is 0 Å². The van der Waals surface area contributed by atoms with E-state index in [1.807, 2.05) is 0 Å². The van der Waals surface area contributed by atoms with Gasteiger partial charge in [0.05, 0.1) is 0 Å². The van der Waals surface area contributed by atoms with Crippen LogP contribution < -0.4 is 5.73 Å². The molecule has 1 fully saturated rings. The van der Waals surface area contributed by atoms with E-state index in [0.29, 0.717) is 6.54 Å². The third-order valence-electron chi connectivity index (χ3n) is 4.16. The van der Waals surface area contributed by atoms with Crippen LogP contribution >= 0.6 is 0 Å². The molecule has 0 spiro atoms. The average molecular weight is 297 g/mol. The first-order chi connectivity index (χ1) is 9.79. The van der Waals surface area contributed by atoms with Gasteiger partial charge in [-0.05, 0) is 26.8 Å². The molecule has 1 aromatic carbocycles. The Morgan fingerprint density at radius 3 is 2.33 bits per heavy atom. The predicted octanol–water partition coefficient (Wildman–Crippen LogP) is 2.38. The molecule has 0 saturated carbocycles. The highest BCUT2D eigenvalue weighted by molar-refractivity contribution is 5.22. The molecule has 1 aliphatic rings. The number of rotatable bonds is 3. The maximum atomic E-state index is 13.7. The van der Waals surface area contributed by atoms with Crippen molar-refractivity contribution in [2.75, 3.05) is 32.7 Å². The number of hydrogen-bond acceptors (Lipinski definition) is 3. The SMILES string of the molecule is CC(C)(C)N1CCN(CC(N)c2cccc(F)c2F)CC1. The second kappa shape index (κ2) is 6.38. The van der Waals surface area contributed by atoms with E-state index in [-0.39, 0.29) is 11.1 Å². The summed E-state index contributed by atoms with van der Waals surface area (Å²) in [5, 5.41) is 0. The number of nitrogens with two attached hydrogens (primary N) is 1. The fraction of sp³-hybridized carbons (Fsp3) is 0.625. The Morgan fingerprint density at radius 1 is 1.14 bits per heavy atom. The largest absolute Gasteiger partial charge is 0.323 e. The molecule has 118 valence electrons. The summed E-state index contributed by atoms with van der Waals surface area (Å²) >= 11 is 0. The summed E-state index contributed by atoms with van der Waals surface area (Å²) in [5.74, 6) is -1.65. The van der Waals surface area contributed by atoms with E-state index in [2.05, 4.69) is 30.6 Å². The van der Waals surface area contributed by atoms with Crippen molar-refractivity contribution in [1.29, 1.82) is 0 Å². The Kier molecular flexibility index (Phi) is 4.96. The predicted molar refractivity (Wildman–Crippen MR) is 81.1 cm³/mol. The van der Waals surface area contributed by atoms with Gasteiger partial charge in [0.25, 0.3) is 0 Å². The summed E-state index contributed by atoms with van der Waals surface area (Å²) < 4.78 is 27.0. The number of benzene rings is 1. The van der Waals surface area contributed by atoms with Gasteiger partial charge in [0.15, 0.2) is 11.6 Å². The summed E-state index contributed by atoms with van der Waals surface area (Å²) in [6.45, 7) is 10.9. The van der Waals surface area contributed by atoms with Gasteiger partial charge in [-0.2, -0.15) is 0 Å². The normalized spacial score (nSPS) is 19.7. The van der Waals surface area contributed by atoms with Crippen LogP contribution in [0.5, 0.6) is 0 Å². The van der Waals surface area contributed by atoms with E-state index in [9.17, 15) is 8.78 Å². The summed E-state index contributed by atoms with van der Waals surface area (Å²) in [4.78, 5) is 4.65. The minimum absolute atomic E-state index is 0.170. The smallest absolute Gasteiger partial charge is 0.163 e. The van der Waals surface area contributed by atoms with E-state index in [4.69, 9.17) is 5.73 Å². The highest BCUT2D eigenvalue weighted by Gasteiger charge is 2.27. The van der Waals surface area contributed by atoms with Crippen LogP contribution in [-0.4, -0.2) is 48.1 Å². The summed E-state index contributed by atoms with van der Waals surface area (Å²) in [6, 6.07) is 3.69. The Morgan fingerprint density at radius 2 is 1.76 bits per heavy atom. The fourth-order valence-electron chi connectivity index (χ4n) is 2.78. The monoisotopic (exact) mass is 297 g/mol. The van der Waals surface area contributed by atoms with E-state index in [1.165, 1.54) is 6.07 Å². The van der Waals surface area contributed by atoms with Crippen LogP contribution in [0.4, 0.5) is 8.78 Å². The molecule has 2 rings (SSSR count). The molecule has 1 aliphatic heterocycles. The van der Waals surface area contributed by atoms with Crippen LogP contribution in [0.2, 0.25) is 0 Å². The minimum Gasteiger partial charge on any atom is -0.323 e. The van der Waals surface area contributed by atoms with Crippen LogP contribution in [0.3, 0.4) is 0 Å². The first kappa shape index (κ1) is 16.3. The van der Waals surface area contributed by atoms with Gasteiger partial charge in [-0.3, -0.25) is 9.80 Å². The molecule has 1 aromatic rings. The average Bonchev–Trinajstić information content (AvgIpc) is 2.41. The Balaban J connectivity index is 1.93. The molecular weight excluding hydrogens is 272 g/mol. The van der Waals surface area contributed by atoms with Gasteiger partial charge in [0.2, 0.25) is 0 Å². The second-order valence-electron chi connectivity index (χ2n) is 6.71. The molecule has 21 heavy (non-hydrogen) atoms. The maximum absolute atomic E-state index is 13.7. The first-order valence-corrected chi connectivity index (χ1v) is 7.46. The van der Waals surface area contributed by atoms with Gasteiger partial charge in [-0.15, -0.1) is 0 Å². The third kappa shape index (κ3) is 3.99. The molecule has 5 heteroatoms. The van der Waals surface area contributed by atoms with E-state index in [1.54, 1.807) is 6.07 Å². The van der Waals surface area contributed by atoms with Gasteiger partial charge >= 0.3 is 0 Å². The zero-order valence-corrected chi connectivity index (χ0v) is 13.1. The minimum atomic E-state index is -0.833. The number of hydrogen-bond donors (Lipinski definition) is 1.